The molecule has 1 aromatic carbocycles. The topological polar surface area (TPSA) is 47.3 Å². The number of nitrogen functional groups attached to an aromatic ring is 1. The molecule has 0 heterocycles. The maximum absolute atomic E-state index is 5.77. The van der Waals surface area contributed by atoms with E-state index in [1.54, 1.807) is 7.11 Å². The molecule has 2 aliphatic rings. The third-order valence-corrected chi connectivity index (χ3v) is 5.13. The molecule has 3 heteroatoms. The van der Waals surface area contributed by atoms with Crippen molar-refractivity contribution in [2.75, 3.05) is 32.5 Å². The smallest absolute Gasteiger partial charge is 0.0468 e. The summed E-state index contributed by atoms with van der Waals surface area (Å²) in [4.78, 5) is 0. The van der Waals surface area contributed by atoms with Crippen molar-refractivity contribution in [1.82, 2.24) is 5.32 Å². The predicted octanol–water partition coefficient (Wildman–Crippen LogP) is 2.71. The number of nitrogens with one attached hydrogen (secondary N) is 1. The largest absolute Gasteiger partial charge is 0.399 e. The predicted molar refractivity (Wildman–Crippen MR) is 82.8 cm³/mol. The first-order valence-corrected chi connectivity index (χ1v) is 7.74. The summed E-state index contributed by atoms with van der Waals surface area (Å²) in [5, 5.41) is 3.73. The van der Waals surface area contributed by atoms with Gasteiger partial charge in [-0.05, 0) is 55.2 Å². The van der Waals surface area contributed by atoms with E-state index < -0.39 is 0 Å². The Balaban J connectivity index is 1.50. The van der Waals surface area contributed by atoms with Gasteiger partial charge in [-0.3, -0.25) is 0 Å². The van der Waals surface area contributed by atoms with Crippen LogP contribution in [0.4, 0.5) is 5.69 Å². The molecule has 3 N–H and O–H groups in total. The van der Waals surface area contributed by atoms with E-state index in [9.17, 15) is 0 Å². The standard InChI is InChI=1S/C17H26N2O/c1-20-11-10-16(6-7-16)12-19-13-17(8-9-17)14-2-4-15(18)5-3-14/h2-5,19H,6-13,18H2,1H3. The van der Waals surface area contributed by atoms with E-state index in [2.05, 4.69) is 17.4 Å². The van der Waals surface area contributed by atoms with Crippen molar-refractivity contribution >= 4 is 5.69 Å². The van der Waals surface area contributed by atoms with Gasteiger partial charge in [0.1, 0.15) is 0 Å². The minimum Gasteiger partial charge on any atom is -0.399 e. The summed E-state index contributed by atoms with van der Waals surface area (Å²) < 4.78 is 5.22. The number of hydrogen-bond donors (Lipinski definition) is 2. The van der Waals surface area contributed by atoms with Crippen molar-refractivity contribution in [1.29, 1.82) is 0 Å². The number of benzene rings is 1. The van der Waals surface area contributed by atoms with Crippen molar-refractivity contribution < 1.29 is 4.74 Å². The van der Waals surface area contributed by atoms with Crippen LogP contribution in [0.15, 0.2) is 24.3 Å². The summed E-state index contributed by atoms with van der Waals surface area (Å²) in [6.45, 7) is 3.14. The van der Waals surface area contributed by atoms with Gasteiger partial charge in [0.25, 0.3) is 0 Å². The van der Waals surface area contributed by atoms with Gasteiger partial charge in [-0.15, -0.1) is 0 Å². The van der Waals surface area contributed by atoms with Gasteiger partial charge in [0, 0.05) is 37.9 Å². The first kappa shape index (κ1) is 13.9. The summed E-state index contributed by atoms with van der Waals surface area (Å²) in [5.41, 5.74) is 8.99. The van der Waals surface area contributed by atoms with Crippen LogP contribution >= 0.6 is 0 Å². The van der Waals surface area contributed by atoms with Crippen molar-refractivity contribution in [2.45, 2.75) is 37.5 Å². The minimum atomic E-state index is 0.380. The molecule has 0 radical (unpaired) electrons. The SMILES string of the molecule is COCCC1(CNCC2(c3ccc(N)cc3)CC2)CC1. The van der Waals surface area contributed by atoms with Gasteiger partial charge >= 0.3 is 0 Å². The Kier molecular flexibility index (Phi) is 3.74. The molecule has 0 atom stereocenters. The lowest BCUT2D eigenvalue weighted by atomic mass is 9.95. The summed E-state index contributed by atoms with van der Waals surface area (Å²) in [6.07, 6.45) is 6.52. The van der Waals surface area contributed by atoms with Gasteiger partial charge < -0.3 is 15.8 Å². The lowest BCUT2D eigenvalue weighted by Crippen LogP contribution is -2.32. The molecule has 20 heavy (non-hydrogen) atoms. The molecule has 0 aliphatic heterocycles. The third-order valence-electron chi connectivity index (χ3n) is 5.13. The summed E-state index contributed by atoms with van der Waals surface area (Å²) in [5.74, 6) is 0. The zero-order valence-corrected chi connectivity index (χ0v) is 12.5. The third kappa shape index (κ3) is 2.99. The number of nitrogens with two attached hydrogens (primary N) is 1. The van der Waals surface area contributed by atoms with Crippen LogP contribution in [-0.4, -0.2) is 26.8 Å². The highest BCUT2D eigenvalue weighted by atomic mass is 16.5. The zero-order valence-electron chi connectivity index (χ0n) is 12.5. The fourth-order valence-electron chi connectivity index (χ4n) is 3.13. The first-order chi connectivity index (χ1) is 9.68. The van der Waals surface area contributed by atoms with E-state index >= 15 is 0 Å². The number of methoxy groups -OCH3 is 1. The summed E-state index contributed by atoms with van der Waals surface area (Å²) in [7, 11) is 1.80. The highest BCUT2D eigenvalue weighted by Crippen LogP contribution is 2.50. The quantitative estimate of drug-likeness (QED) is 0.717. The molecular formula is C17H26N2O. The molecule has 0 bridgehead atoms. The van der Waals surface area contributed by atoms with Crippen LogP contribution in [0.25, 0.3) is 0 Å². The average Bonchev–Trinajstić information content (AvgIpc) is 3.35. The van der Waals surface area contributed by atoms with E-state index in [4.69, 9.17) is 10.5 Å². The van der Waals surface area contributed by atoms with Crippen LogP contribution in [-0.2, 0) is 10.2 Å². The molecule has 2 aliphatic carbocycles. The molecule has 2 saturated carbocycles. The number of hydrogen-bond acceptors (Lipinski definition) is 3. The normalized spacial score (nSPS) is 21.6. The molecule has 0 amide bonds. The molecule has 3 nitrogen and oxygen atoms in total. The van der Waals surface area contributed by atoms with Gasteiger partial charge in [-0.25, -0.2) is 0 Å². The Morgan fingerprint density at radius 3 is 2.35 bits per heavy atom. The lowest BCUT2D eigenvalue weighted by molar-refractivity contribution is 0.171. The van der Waals surface area contributed by atoms with Gasteiger partial charge in [0.2, 0.25) is 0 Å². The molecule has 0 aromatic heterocycles. The Bertz CT molecular complexity index is 447. The number of ether oxygens (including phenoxy) is 1. The van der Waals surface area contributed by atoms with Crippen LogP contribution in [0, 0.1) is 5.41 Å². The molecule has 0 unspecified atom stereocenters. The van der Waals surface area contributed by atoms with Gasteiger partial charge in [0.15, 0.2) is 0 Å². The second-order valence-electron chi connectivity index (χ2n) is 6.75. The highest BCUT2D eigenvalue weighted by molar-refractivity contribution is 5.43. The zero-order chi connectivity index (χ0) is 14.1. The fraction of sp³-hybridized carbons (Fsp3) is 0.647. The Morgan fingerprint density at radius 1 is 1.10 bits per heavy atom. The first-order valence-electron chi connectivity index (χ1n) is 7.74. The number of rotatable bonds is 8. The van der Waals surface area contributed by atoms with Crippen molar-refractivity contribution in [3.8, 4) is 0 Å². The maximum Gasteiger partial charge on any atom is 0.0468 e. The van der Waals surface area contributed by atoms with Crippen molar-refractivity contribution in [3.63, 3.8) is 0 Å². The fourth-order valence-corrected chi connectivity index (χ4v) is 3.13. The molecule has 2 fully saturated rings. The molecule has 1 aromatic rings. The number of anilines is 1. The molecule has 0 spiro atoms. The second kappa shape index (κ2) is 5.38. The summed E-state index contributed by atoms with van der Waals surface area (Å²) >= 11 is 0. The van der Waals surface area contributed by atoms with Crippen LogP contribution in [0.3, 0.4) is 0 Å². The lowest BCUT2D eigenvalue weighted by Gasteiger charge is -2.20. The monoisotopic (exact) mass is 274 g/mol. The molecule has 3 rings (SSSR count). The molecular weight excluding hydrogens is 248 g/mol. The van der Waals surface area contributed by atoms with Crippen LogP contribution in [0.1, 0.15) is 37.7 Å². The Labute approximate surface area is 121 Å². The van der Waals surface area contributed by atoms with Crippen LogP contribution in [0.2, 0.25) is 0 Å². The van der Waals surface area contributed by atoms with E-state index in [0.29, 0.717) is 10.8 Å². The van der Waals surface area contributed by atoms with E-state index in [1.807, 2.05) is 12.1 Å². The second-order valence-corrected chi connectivity index (χ2v) is 6.75. The van der Waals surface area contributed by atoms with E-state index in [-0.39, 0.29) is 0 Å². The molecule has 0 saturated heterocycles. The maximum atomic E-state index is 5.77. The average molecular weight is 274 g/mol. The minimum absolute atomic E-state index is 0.380. The van der Waals surface area contributed by atoms with Crippen molar-refractivity contribution in [2.24, 2.45) is 5.41 Å². The molecule has 110 valence electrons. The van der Waals surface area contributed by atoms with Gasteiger partial charge in [-0.1, -0.05) is 12.1 Å². The van der Waals surface area contributed by atoms with Crippen LogP contribution < -0.4 is 11.1 Å². The van der Waals surface area contributed by atoms with Gasteiger partial charge in [-0.2, -0.15) is 0 Å². The van der Waals surface area contributed by atoms with Crippen LogP contribution in [0.5, 0.6) is 0 Å². The summed E-state index contributed by atoms with van der Waals surface area (Å²) in [6, 6.07) is 8.44. The van der Waals surface area contributed by atoms with E-state index in [1.165, 1.54) is 37.7 Å². The highest BCUT2D eigenvalue weighted by Gasteiger charge is 2.46. The van der Waals surface area contributed by atoms with Gasteiger partial charge in [0.05, 0.1) is 0 Å². The van der Waals surface area contributed by atoms with E-state index in [0.717, 1.165) is 25.4 Å². The van der Waals surface area contributed by atoms with Crippen molar-refractivity contribution in [3.05, 3.63) is 29.8 Å². The Hall–Kier alpha value is -1.06. The Morgan fingerprint density at radius 2 is 1.80 bits per heavy atom.